The smallest absolute Gasteiger partial charge is 0.408 e. The maximum atomic E-state index is 14.6. The number of carboxylic acids is 1. The number of rotatable bonds is 9. The fourth-order valence-corrected chi connectivity index (χ4v) is 5.22. The van der Waals surface area contributed by atoms with Crippen LogP contribution in [0.4, 0.5) is 22.0 Å². The molecule has 2 atom stereocenters. The molecule has 0 radical (unpaired) electrons. The van der Waals surface area contributed by atoms with E-state index in [1.54, 1.807) is 91.0 Å². The van der Waals surface area contributed by atoms with Crippen LogP contribution in [0.25, 0.3) is 0 Å². The van der Waals surface area contributed by atoms with Crippen molar-refractivity contribution in [1.29, 1.82) is 0 Å². The van der Waals surface area contributed by atoms with Gasteiger partial charge in [-0.2, -0.15) is 13.2 Å². The van der Waals surface area contributed by atoms with Gasteiger partial charge >= 0.3 is 12.1 Å². The van der Waals surface area contributed by atoms with E-state index in [9.17, 15) is 31.9 Å². The lowest BCUT2D eigenvalue weighted by Gasteiger charge is -2.42. The van der Waals surface area contributed by atoms with Gasteiger partial charge in [-0.1, -0.05) is 97.1 Å². The van der Waals surface area contributed by atoms with Crippen molar-refractivity contribution in [2.75, 3.05) is 0 Å². The van der Waals surface area contributed by atoms with E-state index in [0.29, 0.717) is 34.9 Å². The zero-order valence-electron chi connectivity index (χ0n) is 20.4. The Morgan fingerprint density at radius 3 is 1.56 bits per heavy atom. The van der Waals surface area contributed by atoms with Gasteiger partial charge in [0.15, 0.2) is 4.87 Å². The lowest BCUT2D eigenvalue weighted by atomic mass is 9.65. The predicted molar refractivity (Wildman–Crippen MR) is 141 cm³/mol. The Morgan fingerprint density at radius 2 is 1.21 bits per heavy atom. The summed E-state index contributed by atoms with van der Waals surface area (Å²) in [5, 5.41) is 12.4. The van der Waals surface area contributed by atoms with Crippen molar-refractivity contribution in [2.24, 2.45) is 0 Å². The number of hydrogen-bond acceptors (Lipinski definition) is 3. The van der Waals surface area contributed by atoms with Crippen molar-refractivity contribution in [1.82, 2.24) is 5.32 Å². The van der Waals surface area contributed by atoms with Crippen LogP contribution in [0.15, 0.2) is 109 Å². The minimum atomic E-state index is -5.14. The number of alkyl halides is 3. The molecule has 0 aliphatic heterocycles. The first-order chi connectivity index (χ1) is 18.5. The van der Waals surface area contributed by atoms with Gasteiger partial charge in [0.2, 0.25) is 0 Å². The number of hydrogen-bond donors (Lipinski definition) is 3. The zero-order chi connectivity index (χ0) is 28.3. The summed E-state index contributed by atoms with van der Waals surface area (Å²) < 4.78 is 71.1. The second-order valence-electron chi connectivity index (χ2n) is 9.13. The molecule has 0 saturated carbocycles. The summed E-state index contributed by atoms with van der Waals surface area (Å²) in [7, 11) is 0. The standard InChI is InChI=1S/C30H24F5NO2S/c31-23-16-17-24(25(32)18-23)26(30(33,34)35)36-29(39,27(37)38)19-28(20-10-4-1-5-11-20,21-12-6-2-7-13-21)22-14-8-3-9-15-22/h1-18,26,36,39H,19H2,(H,37,38). The van der Waals surface area contributed by atoms with Gasteiger partial charge in [-0.25, -0.2) is 13.6 Å². The van der Waals surface area contributed by atoms with Gasteiger partial charge in [0, 0.05) is 23.5 Å². The number of halogens is 5. The number of carboxylic acid groups (broad SMARTS) is 1. The fourth-order valence-electron chi connectivity index (χ4n) is 4.86. The van der Waals surface area contributed by atoms with Crippen LogP contribution in [-0.4, -0.2) is 22.1 Å². The molecule has 202 valence electrons. The fraction of sp³-hybridized carbons (Fsp3) is 0.167. The molecule has 0 aromatic heterocycles. The first-order valence-corrected chi connectivity index (χ1v) is 12.3. The first kappa shape index (κ1) is 28.3. The van der Waals surface area contributed by atoms with Crippen LogP contribution in [0.5, 0.6) is 0 Å². The number of thiol groups is 1. The molecule has 4 rings (SSSR count). The minimum absolute atomic E-state index is 0.318. The zero-order valence-corrected chi connectivity index (χ0v) is 21.3. The molecule has 0 bridgehead atoms. The van der Waals surface area contributed by atoms with E-state index in [1.807, 2.05) is 0 Å². The van der Waals surface area contributed by atoms with Crippen LogP contribution >= 0.6 is 12.6 Å². The average Bonchev–Trinajstić information content (AvgIpc) is 2.92. The van der Waals surface area contributed by atoms with Crippen LogP contribution in [-0.2, 0) is 10.2 Å². The molecule has 0 spiro atoms. The Morgan fingerprint density at radius 1 is 0.769 bits per heavy atom. The van der Waals surface area contributed by atoms with Gasteiger partial charge < -0.3 is 5.11 Å². The molecule has 9 heteroatoms. The molecule has 39 heavy (non-hydrogen) atoms. The van der Waals surface area contributed by atoms with Crippen molar-refractivity contribution in [3.63, 3.8) is 0 Å². The van der Waals surface area contributed by atoms with Gasteiger partial charge in [-0.15, -0.1) is 12.6 Å². The van der Waals surface area contributed by atoms with Crippen molar-refractivity contribution in [3.8, 4) is 0 Å². The highest BCUT2D eigenvalue weighted by Crippen LogP contribution is 2.47. The van der Waals surface area contributed by atoms with Crippen molar-refractivity contribution in [3.05, 3.63) is 143 Å². The molecular formula is C30H24F5NO2S. The van der Waals surface area contributed by atoms with E-state index in [1.165, 1.54) is 0 Å². The highest BCUT2D eigenvalue weighted by Gasteiger charge is 2.52. The lowest BCUT2D eigenvalue weighted by Crippen LogP contribution is -2.56. The van der Waals surface area contributed by atoms with Crippen LogP contribution in [0.2, 0.25) is 0 Å². The molecule has 0 saturated heterocycles. The summed E-state index contributed by atoms with van der Waals surface area (Å²) in [5.41, 5.74) is -0.413. The summed E-state index contributed by atoms with van der Waals surface area (Å²) in [6.45, 7) is 0. The van der Waals surface area contributed by atoms with Crippen LogP contribution in [0.1, 0.15) is 34.7 Å². The summed E-state index contributed by atoms with van der Waals surface area (Å²) in [6, 6.07) is 25.2. The largest absolute Gasteiger partial charge is 0.479 e. The van der Waals surface area contributed by atoms with Crippen LogP contribution < -0.4 is 5.32 Å². The van der Waals surface area contributed by atoms with Crippen LogP contribution in [0.3, 0.4) is 0 Å². The SMILES string of the molecule is O=C(O)C(S)(CC(c1ccccc1)(c1ccccc1)c1ccccc1)NC(c1ccc(F)cc1F)C(F)(F)F. The topological polar surface area (TPSA) is 49.3 Å². The molecule has 0 aliphatic rings. The Hall–Kier alpha value is -3.69. The highest BCUT2D eigenvalue weighted by atomic mass is 32.1. The summed E-state index contributed by atoms with van der Waals surface area (Å²) in [6.07, 6.45) is -5.65. The van der Waals surface area contributed by atoms with Gasteiger partial charge in [-0.3, -0.25) is 5.32 Å². The van der Waals surface area contributed by atoms with Gasteiger partial charge in [-0.05, 0) is 22.8 Å². The monoisotopic (exact) mass is 557 g/mol. The molecule has 3 nitrogen and oxygen atoms in total. The van der Waals surface area contributed by atoms with E-state index in [2.05, 4.69) is 17.9 Å². The van der Waals surface area contributed by atoms with Gasteiger partial charge in [0.1, 0.15) is 17.7 Å². The predicted octanol–water partition coefficient (Wildman–Crippen LogP) is 7.29. The van der Waals surface area contributed by atoms with E-state index < -0.39 is 52.1 Å². The molecule has 0 heterocycles. The summed E-state index contributed by atoms with van der Waals surface area (Å²) >= 11 is 4.33. The number of aliphatic carboxylic acids is 1. The Balaban J connectivity index is 1.95. The molecule has 0 aliphatic carbocycles. The molecule has 4 aromatic carbocycles. The molecule has 2 unspecified atom stereocenters. The maximum absolute atomic E-state index is 14.6. The first-order valence-electron chi connectivity index (χ1n) is 11.9. The van der Waals surface area contributed by atoms with Crippen molar-refractivity contribution >= 4 is 18.6 Å². The second-order valence-corrected chi connectivity index (χ2v) is 9.89. The Labute approximate surface area is 227 Å². The van der Waals surface area contributed by atoms with E-state index >= 15 is 0 Å². The minimum Gasteiger partial charge on any atom is -0.479 e. The molecule has 0 amide bonds. The van der Waals surface area contributed by atoms with Gasteiger partial charge in [0.05, 0.1) is 0 Å². The number of nitrogens with one attached hydrogen (secondary N) is 1. The van der Waals surface area contributed by atoms with E-state index in [-0.39, 0.29) is 0 Å². The second kappa shape index (κ2) is 11.2. The summed E-state index contributed by atoms with van der Waals surface area (Å²) in [5.74, 6) is -4.23. The van der Waals surface area contributed by atoms with E-state index in [0.717, 1.165) is 0 Å². The lowest BCUT2D eigenvalue weighted by molar-refractivity contribution is -0.165. The van der Waals surface area contributed by atoms with Crippen molar-refractivity contribution in [2.45, 2.75) is 28.9 Å². The Bertz CT molecular complexity index is 1320. The third-order valence-electron chi connectivity index (χ3n) is 6.66. The quantitative estimate of drug-likeness (QED) is 0.0877. The Kier molecular flexibility index (Phi) is 8.13. The maximum Gasteiger partial charge on any atom is 0.408 e. The highest BCUT2D eigenvalue weighted by molar-refractivity contribution is 7.82. The third-order valence-corrected chi connectivity index (χ3v) is 7.14. The van der Waals surface area contributed by atoms with Crippen molar-refractivity contribution < 1.29 is 31.9 Å². The molecular weight excluding hydrogens is 533 g/mol. The third kappa shape index (κ3) is 5.84. The van der Waals surface area contributed by atoms with E-state index in [4.69, 9.17) is 0 Å². The number of benzene rings is 4. The van der Waals surface area contributed by atoms with Crippen LogP contribution in [0, 0.1) is 11.6 Å². The molecule has 2 N–H and O–H groups in total. The average molecular weight is 558 g/mol. The molecule has 4 aromatic rings. The molecule has 0 fully saturated rings. The van der Waals surface area contributed by atoms with Gasteiger partial charge in [0.25, 0.3) is 0 Å². The number of carbonyl (C=O) groups is 1. The normalized spacial score (nSPS) is 14.4. The summed E-state index contributed by atoms with van der Waals surface area (Å²) in [4.78, 5) is 10.2.